The Morgan fingerprint density at radius 1 is 1.71 bits per heavy atom. The van der Waals surface area contributed by atoms with Crippen LogP contribution in [0.5, 0.6) is 0 Å². The quantitative estimate of drug-likeness (QED) is 0.827. The molecule has 0 bridgehead atoms. The summed E-state index contributed by atoms with van der Waals surface area (Å²) in [6, 6.07) is 4.01. The van der Waals surface area contributed by atoms with E-state index in [9.17, 15) is 4.79 Å². The van der Waals surface area contributed by atoms with Crippen molar-refractivity contribution in [1.29, 1.82) is 0 Å². The van der Waals surface area contributed by atoms with Crippen LogP contribution in [0, 0.1) is 5.92 Å². The molecular formula is C13H18N2OS. The van der Waals surface area contributed by atoms with Crippen molar-refractivity contribution >= 4 is 23.3 Å². The van der Waals surface area contributed by atoms with Crippen LogP contribution < -0.4 is 5.32 Å². The zero-order chi connectivity index (χ0) is 12.1. The van der Waals surface area contributed by atoms with E-state index in [0.717, 1.165) is 30.9 Å². The fraction of sp³-hybridized carbons (Fsp3) is 0.462. The Morgan fingerprint density at radius 3 is 3.29 bits per heavy atom. The molecule has 0 unspecified atom stereocenters. The van der Waals surface area contributed by atoms with Crippen LogP contribution in [0.25, 0.3) is 6.08 Å². The van der Waals surface area contributed by atoms with Gasteiger partial charge < -0.3 is 10.2 Å². The summed E-state index contributed by atoms with van der Waals surface area (Å²) in [7, 11) is 1.96. The molecule has 4 heteroatoms. The van der Waals surface area contributed by atoms with Crippen LogP contribution in [0.2, 0.25) is 0 Å². The van der Waals surface area contributed by atoms with Crippen molar-refractivity contribution in [2.24, 2.45) is 5.92 Å². The monoisotopic (exact) mass is 250 g/mol. The summed E-state index contributed by atoms with van der Waals surface area (Å²) < 4.78 is 0. The largest absolute Gasteiger partial charge is 0.339 e. The van der Waals surface area contributed by atoms with E-state index < -0.39 is 0 Å². The molecule has 0 spiro atoms. The molecule has 3 nitrogen and oxygen atoms in total. The zero-order valence-electron chi connectivity index (χ0n) is 10.1. The van der Waals surface area contributed by atoms with Crippen LogP contribution in [0.3, 0.4) is 0 Å². The van der Waals surface area contributed by atoms with E-state index in [-0.39, 0.29) is 5.91 Å². The van der Waals surface area contributed by atoms with E-state index in [1.807, 2.05) is 35.5 Å². The van der Waals surface area contributed by atoms with Crippen molar-refractivity contribution in [3.63, 3.8) is 0 Å². The van der Waals surface area contributed by atoms with Gasteiger partial charge in [0.05, 0.1) is 0 Å². The fourth-order valence-corrected chi connectivity index (χ4v) is 2.75. The van der Waals surface area contributed by atoms with Crippen molar-refractivity contribution in [3.8, 4) is 0 Å². The number of nitrogens with zero attached hydrogens (tertiary/aromatic N) is 1. The van der Waals surface area contributed by atoms with Gasteiger partial charge in [-0.1, -0.05) is 6.07 Å². The maximum absolute atomic E-state index is 11.9. The molecule has 1 N–H and O–H groups in total. The van der Waals surface area contributed by atoms with Gasteiger partial charge in [-0.25, -0.2) is 0 Å². The van der Waals surface area contributed by atoms with Gasteiger partial charge in [-0.15, -0.1) is 11.3 Å². The average molecular weight is 250 g/mol. The van der Waals surface area contributed by atoms with Gasteiger partial charge in [0.15, 0.2) is 0 Å². The molecule has 1 aliphatic rings. The smallest absolute Gasteiger partial charge is 0.246 e. The van der Waals surface area contributed by atoms with Gasteiger partial charge in [-0.05, 0) is 43.5 Å². The number of rotatable bonds is 4. The van der Waals surface area contributed by atoms with Crippen molar-refractivity contribution in [3.05, 3.63) is 28.5 Å². The predicted molar refractivity (Wildman–Crippen MR) is 72.0 cm³/mol. The topological polar surface area (TPSA) is 32.3 Å². The summed E-state index contributed by atoms with van der Waals surface area (Å²) in [6.45, 7) is 2.77. The normalized spacial score (nSPS) is 20.3. The Labute approximate surface area is 106 Å². The minimum absolute atomic E-state index is 0.136. The highest BCUT2D eigenvalue weighted by Crippen LogP contribution is 2.16. The first-order valence-corrected chi connectivity index (χ1v) is 6.82. The molecule has 1 aliphatic heterocycles. The summed E-state index contributed by atoms with van der Waals surface area (Å²) in [5.74, 6) is 0.746. The van der Waals surface area contributed by atoms with Crippen LogP contribution in [-0.4, -0.2) is 37.5 Å². The van der Waals surface area contributed by atoms with Crippen molar-refractivity contribution in [2.75, 3.05) is 26.7 Å². The van der Waals surface area contributed by atoms with E-state index >= 15 is 0 Å². The number of hydrogen-bond acceptors (Lipinski definition) is 3. The average Bonchev–Trinajstić information content (AvgIpc) is 2.97. The lowest BCUT2D eigenvalue weighted by Gasteiger charge is -2.14. The van der Waals surface area contributed by atoms with Gasteiger partial charge >= 0.3 is 0 Å². The number of amides is 1. The van der Waals surface area contributed by atoms with Crippen LogP contribution in [0.15, 0.2) is 23.6 Å². The molecule has 1 atom stereocenters. The Bertz CT molecular complexity index is 386. The molecule has 1 aromatic heterocycles. The summed E-state index contributed by atoms with van der Waals surface area (Å²) in [4.78, 5) is 15.0. The van der Waals surface area contributed by atoms with Crippen molar-refractivity contribution in [2.45, 2.75) is 6.42 Å². The molecule has 2 heterocycles. The SMILES string of the molecule is CNC[C@H]1CCN(C(=O)/C=C/c2cccs2)C1. The third kappa shape index (κ3) is 3.41. The maximum Gasteiger partial charge on any atom is 0.246 e. The summed E-state index contributed by atoms with van der Waals surface area (Å²) in [5, 5.41) is 5.19. The highest BCUT2D eigenvalue weighted by Gasteiger charge is 2.24. The lowest BCUT2D eigenvalue weighted by molar-refractivity contribution is -0.125. The summed E-state index contributed by atoms with van der Waals surface area (Å²) in [6.07, 6.45) is 4.70. The second-order valence-electron chi connectivity index (χ2n) is 4.35. The van der Waals surface area contributed by atoms with Gasteiger partial charge in [0.2, 0.25) is 5.91 Å². The molecule has 1 amide bonds. The Hall–Kier alpha value is -1.13. The summed E-state index contributed by atoms with van der Waals surface area (Å²) >= 11 is 1.65. The highest BCUT2D eigenvalue weighted by atomic mass is 32.1. The number of likely N-dealkylation sites (tertiary alicyclic amines) is 1. The molecule has 2 rings (SSSR count). The molecule has 0 saturated carbocycles. The lowest BCUT2D eigenvalue weighted by atomic mass is 10.1. The Morgan fingerprint density at radius 2 is 2.59 bits per heavy atom. The standard InChI is InChI=1S/C13H18N2OS/c1-14-9-11-6-7-15(10-11)13(16)5-4-12-3-2-8-17-12/h2-5,8,11,14H,6-7,9-10H2,1H3/b5-4+/t11-/m1/s1. The third-order valence-corrected chi connectivity index (χ3v) is 3.86. The van der Waals surface area contributed by atoms with Gasteiger partial charge in [0, 0.05) is 24.0 Å². The number of nitrogens with one attached hydrogen (secondary N) is 1. The predicted octanol–water partition coefficient (Wildman–Crippen LogP) is 1.83. The van der Waals surface area contributed by atoms with Crippen LogP contribution in [0.4, 0.5) is 0 Å². The molecule has 1 aromatic rings. The second-order valence-corrected chi connectivity index (χ2v) is 5.32. The van der Waals surface area contributed by atoms with Gasteiger partial charge in [-0.2, -0.15) is 0 Å². The van der Waals surface area contributed by atoms with Crippen molar-refractivity contribution in [1.82, 2.24) is 10.2 Å². The number of carbonyl (C=O) groups excluding carboxylic acids is 1. The zero-order valence-corrected chi connectivity index (χ0v) is 10.9. The highest BCUT2D eigenvalue weighted by molar-refractivity contribution is 7.10. The minimum Gasteiger partial charge on any atom is -0.339 e. The number of hydrogen-bond donors (Lipinski definition) is 1. The molecule has 0 aliphatic carbocycles. The fourth-order valence-electron chi connectivity index (χ4n) is 2.13. The van der Waals surface area contributed by atoms with Gasteiger partial charge in [-0.3, -0.25) is 4.79 Å². The summed E-state index contributed by atoms with van der Waals surface area (Å²) in [5.41, 5.74) is 0. The molecule has 1 saturated heterocycles. The number of carbonyl (C=O) groups is 1. The molecule has 1 fully saturated rings. The molecule has 17 heavy (non-hydrogen) atoms. The van der Waals surface area contributed by atoms with Crippen LogP contribution in [0.1, 0.15) is 11.3 Å². The molecular weight excluding hydrogens is 232 g/mol. The third-order valence-electron chi connectivity index (χ3n) is 3.02. The Balaban J connectivity index is 1.85. The maximum atomic E-state index is 11.9. The first-order valence-electron chi connectivity index (χ1n) is 5.94. The van der Waals surface area contributed by atoms with Crippen molar-refractivity contribution < 1.29 is 4.79 Å². The van der Waals surface area contributed by atoms with Crippen LogP contribution in [-0.2, 0) is 4.79 Å². The molecule has 0 aromatic carbocycles. The Kier molecular flexibility index (Phi) is 4.34. The molecule has 92 valence electrons. The first-order chi connectivity index (χ1) is 8.29. The van der Waals surface area contributed by atoms with Gasteiger partial charge in [0.25, 0.3) is 0 Å². The van der Waals surface area contributed by atoms with Crippen LogP contribution >= 0.6 is 11.3 Å². The van der Waals surface area contributed by atoms with E-state index in [2.05, 4.69) is 5.32 Å². The van der Waals surface area contributed by atoms with E-state index in [4.69, 9.17) is 0 Å². The second kappa shape index (κ2) is 5.98. The number of thiophene rings is 1. The first kappa shape index (κ1) is 12.3. The lowest BCUT2D eigenvalue weighted by Crippen LogP contribution is -2.28. The van der Waals surface area contributed by atoms with E-state index in [1.54, 1.807) is 17.4 Å². The molecule has 0 radical (unpaired) electrons. The minimum atomic E-state index is 0.136. The van der Waals surface area contributed by atoms with E-state index in [1.165, 1.54) is 0 Å². The van der Waals surface area contributed by atoms with E-state index in [0.29, 0.717) is 5.92 Å². The van der Waals surface area contributed by atoms with Gasteiger partial charge in [0.1, 0.15) is 0 Å².